The third-order valence-corrected chi connectivity index (χ3v) is 4.16. The first-order valence-corrected chi connectivity index (χ1v) is 7.61. The molecular formula is C16H18N2O2S. The monoisotopic (exact) mass is 302 g/mol. The molecule has 2 atom stereocenters. The summed E-state index contributed by atoms with van der Waals surface area (Å²) in [7, 11) is 1.56. The summed E-state index contributed by atoms with van der Waals surface area (Å²) < 4.78 is 11.4. The van der Waals surface area contributed by atoms with Gasteiger partial charge in [0.25, 0.3) is 0 Å². The van der Waals surface area contributed by atoms with Crippen molar-refractivity contribution in [2.45, 2.75) is 25.5 Å². The Balaban J connectivity index is 2.31. The Bertz CT molecular complexity index is 620. The molecule has 2 unspecified atom stereocenters. The second-order valence-electron chi connectivity index (χ2n) is 4.60. The van der Waals surface area contributed by atoms with E-state index in [9.17, 15) is 0 Å². The zero-order valence-corrected chi connectivity index (χ0v) is 12.9. The Morgan fingerprint density at radius 1 is 1.33 bits per heavy atom. The Morgan fingerprint density at radius 2 is 2.14 bits per heavy atom. The van der Waals surface area contributed by atoms with E-state index in [4.69, 9.17) is 20.5 Å². The molecule has 0 spiro atoms. The van der Waals surface area contributed by atoms with Crippen molar-refractivity contribution in [3.8, 4) is 17.6 Å². The highest BCUT2D eigenvalue weighted by atomic mass is 32.1. The lowest BCUT2D eigenvalue weighted by atomic mass is 10.1. The number of nitrogens with two attached hydrogens (primary N) is 1. The van der Waals surface area contributed by atoms with E-state index >= 15 is 0 Å². The number of methoxy groups -OCH3 is 1. The number of nitrogens with zero attached hydrogens (tertiary/aromatic N) is 1. The molecule has 0 fully saturated rings. The zero-order chi connectivity index (χ0) is 15.2. The first-order valence-electron chi connectivity index (χ1n) is 6.73. The molecule has 0 aliphatic carbocycles. The molecule has 0 saturated heterocycles. The Labute approximate surface area is 128 Å². The summed E-state index contributed by atoms with van der Waals surface area (Å²) in [5.41, 5.74) is 6.73. The number of thiophene rings is 1. The number of hydrogen-bond acceptors (Lipinski definition) is 5. The fraction of sp³-hybridized carbons (Fsp3) is 0.312. The molecule has 0 aliphatic rings. The van der Waals surface area contributed by atoms with Crippen LogP contribution >= 0.6 is 11.3 Å². The minimum atomic E-state index is -0.225. The molecule has 2 rings (SSSR count). The summed E-state index contributed by atoms with van der Waals surface area (Å²) in [5, 5.41) is 10.9. The molecule has 0 aliphatic heterocycles. The van der Waals surface area contributed by atoms with Crippen LogP contribution in [-0.4, -0.2) is 13.2 Å². The van der Waals surface area contributed by atoms with Gasteiger partial charge in [-0.2, -0.15) is 5.26 Å². The molecular weight excluding hydrogens is 284 g/mol. The van der Waals surface area contributed by atoms with Crippen LogP contribution in [-0.2, 0) is 0 Å². The molecule has 5 heteroatoms. The molecule has 2 aromatic rings. The van der Waals surface area contributed by atoms with Crippen LogP contribution in [0.15, 0.2) is 35.7 Å². The molecule has 2 N–H and O–H groups in total. The predicted molar refractivity (Wildman–Crippen MR) is 83.7 cm³/mol. The van der Waals surface area contributed by atoms with Gasteiger partial charge in [0.2, 0.25) is 0 Å². The summed E-state index contributed by atoms with van der Waals surface area (Å²) in [4.78, 5) is 1.08. The van der Waals surface area contributed by atoms with Crippen LogP contribution < -0.4 is 15.2 Å². The summed E-state index contributed by atoms with van der Waals surface area (Å²) in [6.07, 6.45) is 0.582. The van der Waals surface area contributed by atoms with E-state index in [2.05, 4.69) is 6.07 Å². The largest absolute Gasteiger partial charge is 0.493 e. The normalized spacial score (nSPS) is 13.2. The molecule has 1 heterocycles. The van der Waals surface area contributed by atoms with Gasteiger partial charge in [-0.05, 0) is 30.0 Å². The molecule has 4 nitrogen and oxygen atoms in total. The minimum Gasteiger partial charge on any atom is -0.493 e. The molecule has 0 saturated carbocycles. The Kier molecular flexibility index (Phi) is 5.20. The van der Waals surface area contributed by atoms with Crippen molar-refractivity contribution >= 4 is 11.3 Å². The van der Waals surface area contributed by atoms with Gasteiger partial charge in [-0.25, -0.2) is 0 Å². The van der Waals surface area contributed by atoms with Crippen molar-refractivity contribution in [2.75, 3.05) is 7.11 Å². The average Bonchev–Trinajstić information content (AvgIpc) is 3.05. The number of benzene rings is 1. The molecule has 0 bridgehead atoms. The van der Waals surface area contributed by atoms with E-state index in [1.54, 1.807) is 36.6 Å². The minimum absolute atomic E-state index is 0.107. The highest BCUT2D eigenvalue weighted by molar-refractivity contribution is 7.10. The lowest BCUT2D eigenvalue weighted by Crippen LogP contribution is -2.31. The maximum Gasteiger partial charge on any atom is 0.162 e. The van der Waals surface area contributed by atoms with Gasteiger partial charge in [0, 0.05) is 17.0 Å². The first kappa shape index (κ1) is 15.4. The summed E-state index contributed by atoms with van der Waals surface area (Å²) in [6, 6.07) is 11.1. The third-order valence-electron chi connectivity index (χ3n) is 3.23. The van der Waals surface area contributed by atoms with Crippen LogP contribution in [0, 0.1) is 11.3 Å². The van der Waals surface area contributed by atoms with Crippen molar-refractivity contribution in [2.24, 2.45) is 5.73 Å². The molecule has 1 aromatic heterocycles. The maximum absolute atomic E-state index is 8.94. The number of rotatable bonds is 6. The maximum atomic E-state index is 8.94. The number of hydrogen-bond donors (Lipinski definition) is 1. The average molecular weight is 302 g/mol. The third kappa shape index (κ3) is 3.54. The lowest BCUT2D eigenvalue weighted by Gasteiger charge is -2.24. The highest BCUT2D eigenvalue weighted by Crippen LogP contribution is 2.34. The van der Waals surface area contributed by atoms with Crippen molar-refractivity contribution in [3.63, 3.8) is 0 Å². The van der Waals surface area contributed by atoms with Crippen molar-refractivity contribution in [3.05, 3.63) is 46.2 Å². The SMILES string of the molecule is CCC(N)C(Oc1ccc(C#N)cc1OC)c1cccs1. The number of ether oxygens (including phenoxy) is 2. The quantitative estimate of drug-likeness (QED) is 0.887. The second kappa shape index (κ2) is 7.11. The van der Waals surface area contributed by atoms with Crippen LogP contribution in [0.5, 0.6) is 11.5 Å². The van der Waals surface area contributed by atoms with Gasteiger partial charge < -0.3 is 15.2 Å². The van der Waals surface area contributed by atoms with Crippen LogP contribution in [0.3, 0.4) is 0 Å². The summed E-state index contributed by atoms with van der Waals surface area (Å²) in [6.45, 7) is 2.03. The van der Waals surface area contributed by atoms with E-state index in [1.807, 2.05) is 24.4 Å². The van der Waals surface area contributed by atoms with E-state index in [-0.39, 0.29) is 12.1 Å². The van der Waals surface area contributed by atoms with Gasteiger partial charge in [0.15, 0.2) is 11.5 Å². The molecule has 21 heavy (non-hydrogen) atoms. The lowest BCUT2D eigenvalue weighted by molar-refractivity contribution is 0.168. The second-order valence-corrected chi connectivity index (χ2v) is 5.58. The van der Waals surface area contributed by atoms with Gasteiger partial charge in [0.05, 0.1) is 18.7 Å². The standard InChI is InChI=1S/C16H18N2O2S/c1-3-12(18)16(15-5-4-8-21-15)20-13-7-6-11(10-17)9-14(13)19-2/h4-9,12,16H,3,18H2,1-2H3. The van der Waals surface area contributed by atoms with Gasteiger partial charge in [-0.15, -0.1) is 11.3 Å². The van der Waals surface area contributed by atoms with Crippen molar-refractivity contribution in [1.29, 1.82) is 5.26 Å². The topological polar surface area (TPSA) is 68.3 Å². The molecule has 0 radical (unpaired) electrons. The Hall–Kier alpha value is -2.03. The first-order chi connectivity index (χ1) is 10.2. The predicted octanol–water partition coefficient (Wildman–Crippen LogP) is 3.49. The number of nitriles is 1. The molecule has 1 aromatic carbocycles. The summed E-state index contributed by atoms with van der Waals surface area (Å²) in [5.74, 6) is 1.14. The fourth-order valence-electron chi connectivity index (χ4n) is 1.99. The molecule has 110 valence electrons. The van der Waals surface area contributed by atoms with Crippen LogP contribution in [0.25, 0.3) is 0 Å². The highest BCUT2D eigenvalue weighted by Gasteiger charge is 2.23. The van der Waals surface area contributed by atoms with E-state index in [0.717, 1.165) is 11.3 Å². The van der Waals surface area contributed by atoms with Crippen LogP contribution in [0.2, 0.25) is 0 Å². The van der Waals surface area contributed by atoms with Gasteiger partial charge in [-0.3, -0.25) is 0 Å². The smallest absolute Gasteiger partial charge is 0.162 e. The van der Waals surface area contributed by atoms with Gasteiger partial charge in [0.1, 0.15) is 6.10 Å². The summed E-state index contributed by atoms with van der Waals surface area (Å²) >= 11 is 1.62. The van der Waals surface area contributed by atoms with Gasteiger partial charge in [-0.1, -0.05) is 13.0 Å². The fourth-order valence-corrected chi connectivity index (χ4v) is 2.82. The van der Waals surface area contributed by atoms with E-state index < -0.39 is 0 Å². The Morgan fingerprint density at radius 3 is 2.71 bits per heavy atom. The van der Waals surface area contributed by atoms with E-state index in [1.165, 1.54) is 0 Å². The van der Waals surface area contributed by atoms with Crippen molar-refractivity contribution < 1.29 is 9.47 Å². The van der Waals surface area contributed by atoms with Crippen molar-refractivity contribution in [1.82, 2.24) is 0 Å². The molecule has 0 amide bonds. The van der Waals surface area contributed by atoms with Crippen LogP contribution in [0.1, 0.15) is 29.9 Å². The van der Waals surface area contributed by atoms with Gasteiger partial charge >= 0.3 is 0 Å². The zero-order valence-electron chi connectivity index (χ0n) is 12.1. The van der Waals surface area contributed by atoms with E-state index in [0.29, 0.717) is 17.1 Å². The van der Waals surface area contributed by atoms with Crippen LogP contribution in [0.4, 0.5) is 0 Å².